The molecule has 2 aromatic heterocycles. The number of ether oxygens (including phenoxy) is 1. The summed E-state index contributed by atoms with van der Waals surface area (Å²) in [4.78, 5) is 11.5. The minimum atomic E-state index is 0.651. The van der Waals surface area contributed by atoms with E-state index in [0.717, 1.165) is 28.3 Å². The summed E-state index contributed by atoms with van der Waals surface area (Å²) >= 11 is 1.72. The summed E-state index contributed by atoms with van der Waals surface area (Å²) in [6.45, 7) is 4.89. The van der Waals surface area contributed by atoms with Crippen LogP contribution in [0.4, 0.5) is 5.82 Å². The lowest BCUT2D eigenvalue weighted by Gasteiger charge is -2.05. The van der Waals surface area contributed by atoms with E-state index in [-0.39, 0.29) is 0 Å². The van der Waals surface area contributed by atoms with Crippen molar-refractivity contribution in [2.24, 2.45) is 0 Å². The Morgan fingerprint density at radius 3 is 2.71 bits per heavy atom. The van der Waals surface area contributed by atoms with Gasteiger partial charge in [0.05, 0.1) is 12.0 Å². The van der Waals surface area contributed by atoms with Crippen molar-refractivity contribution < 1.29 is 4.74 Å². The third-order valence-electron chi connectivity index (χ3n) is 2.84. The summed E-state index contributed by atoms with van der Waals surface area (Å²) in [6.07, 6.45) is 0.747. The Kier molecular flexibility index (Phi) is 3.59. The molecule has 0 radical (unpaired) electrons. The molecule has 0 aliphatic rings. The van der Waals surface area contributed by atoms with Crippen LogP contribution >= 0.6 is 11.3 Å². The van der Waals surface area contributed by atoms with Gasteiger partial charge in [0.25, 0.3) is 0 Å². The highest BCUT2D eigenvalue weighted by Gasteiger charge is 2.13. The Hall–Kier alpha value is -1.20. The van der Waals surface area contributed by atoms with E-state index in [1.807, 2.05) is 7.05 Å². The molecule has 4 nitrogen and oxygen atoms in total. The number of nitrogens with one attached hydrogen (secondary N) is 1. The molecular formula is C12H17N3OS. The fourth-order valence-electron chi connectivity index (χ4n) is 1.78. The first-order valence-corrected chi connectivity index (χ1v) is 6.42. The molecule has 0 amide bonds. The van der Waals surface area contributed by atoms with Gasteiger partial charge in [0, 0.05) is 25.5 Å². The van der Waals surface area contributed by atoms with Crippen molar-refractivity contribution in [3.05, 3.63) is 16.3 Å². The van der Waals surface area contributed by atoms with Crippen LogP contribution in [-0.2, 0) is 11.2 Å². The first-order valence-electron chi connectivity index (χ1n) is 5.60. The van der Waals surface area contributed by atoms with Crippen LogP contribution in [0.3, 0.4) is 0 Å². The second-order valence-corrected chi connectivity index (χ2v) is 5.15. The van der Waals surface area contributed by atoms with E-state index in [0.29, 0.717) is 6.61 Å². The van der Waals surface area contributed by atoms with Crippen LogP contribution in [0.25, 0.3) is 10.2 Å². The maximum Gasteiger partial charge on any atom is 0.138 e. The summed E-state index contributed by atoms with van der Waals surface area (Å²) in [5.41, 5.74) is 1.27. The molecule has 0 fully saturated rings. The fourth-order valence-corrected chi connectivity index (χ4v) is 2.83. The van der Waals surface area contributed by atoms with Gasteiger partial charge in [-0.2, -0.15) is 0 Å². The van der Waals surface area contributed by atoms with Gasteiger partial charge in [0.2, 0.25) is 0 Å². The average molecular weight is 251 g/mol. The largest absolute Gasteiger partial charge is 0.384 e. The van der Waals surface area contributed by atoms with Crippen molar-refractivity contribution in [1.29, 1.82) is 0 Å². The number of aromatic nitrogens is 2. The summed E-state index contributed by atoms with van der Waals surface area (Å²) < 4.78 is 5.06. The van der Waals surface area contributed by atoms with Crippen LogP contribution < -0.4 is 5.32 Å². The highest BCUT2D eigenvalue weighted by atomic mass is 32.1. The van der Waals surface area contributed by atoms with Crippen LogP contribution in [0.1, 0.15) is 16.3 Å². The molecule has 0 saturated heterocycles. The highest BCUT2D eigenvalue weighted by Crippen LogP contribution is 2.32. The van der Waals surface area contributed by atoms with Gasteiger partial charge in [-0.25, -0.2) is 9.97 Å². The Morgan fingerprint density at radius 1 is 1.29 bits per heavy atom. The number of hydrogen-bond acceptors (Lipinski definition) is 5. The predicted molar refractivity (Wildman–Crippen MR) is 72.0 cm³/mol. The number of hydrogen-bond donors (Lipinski definition) is 1. The van der Waals surface area contributed by atoms with Gasteiger partial charge in [-0.15, -0.1) is 11.3 Å². The molecule has 0 bridgehead atoms. The number of thiophene rings is 1. The van der Waals surface area contributed by atoms with Crippen molar-refractivity contribution in [2.75, 3.05) is 26.1 Å². The number of nitrogens with zero attached hydrogens (tertiary/aromatic N) is 2. The molecule has 0 spiro atoms. The zero-order valence-electron chi connectivity index (χ0n) is 10.6. The van der Waals surface area contributed by atoms with E-state index in [4.69, 9.17) is 4.74 Å². The molecule has 1 N–H and O–H groups in total. The normalized spacial score (nSPS) is 11.1. The molecule has 0 aliphatic carbocycles. The Labute approximate surface area is 105 Å². The number of fused-ring (bicyclic) bond motifs is 1. The lowest BCUT2D eigenvalue weighted by molar-refractivity contribution is 0.200. The molecule has 0 aromatic carbocycles. The van der Waals surface area contributed by atoms with Gasteiger partial charge in [0.15, 0.2) is 0 Å². The third-order valence-corrected chi connectivity index (χ3v) is 3.94. The minimum Gasteiger partial charge on any atom is -0.384 e. The molecule has 2 heterocycles. The molecule has 0 atom stereocenters. The first-order chi connectivity index (χ1) is 8.17. The van der Waals surface area contributed by atoms with Gasteiger partial charge in [-0.1, -0.05) is 0 Å². The van der Waals surface area contributed by atoms with E-state index in [9.17, 15) is 0 Å². The van der Waals surface area contributed by atoms with Crippen molar-refractivity contribution >= 4 is 27.4 Å². The maximum absolute atomic E-state index is 5.06. The van der Waals surface area contributed by atoms with Crippen LogP contribution in [0.2, 0.25) is 0 Å². The lowest BCUT2D eigenvalue weighted by Crippen LogP contribution is -2.04. The molecule has 92 valence electrons. The van der Waals surface area contributed by atoms with Gasteiger partial charge < -0.3 is 10.1 Å². The second-order valence-electron chi connectivity index (χ2n) is 3.94. The third kappa shape index (κ3) is 2.25. The Balaban J connectivity index is 2.54. The average Bonchev–Trinajstić information content (AvgIpc) is 2.61. The molecule has 0 unspecified atom stereocenters. The zero-order valence-corrected chi connectivity index (χ0v) is 11.4. The molecule has 5 heteroatoms. The smallest absolute Gasteiger partial charge is 0.138 e. The molecule has 2 aromatic rings. The summed E-state index contributed by atoms with van der Waals surface area (Å²) in [7, 11) is 3.59. The van der Waals surface area contributed by atoms with Crippen molar-refractivity contribution in [3.63, 3.8) is 0 Å². The molecule has 0 saturated carbocycles. The van der Waals surface area contributed by atoms with E-state index in [2.05, 4.69) is 29.1 Å². The van der Waals surface area contributed by atoms with Crippen molar-refractivity contribution in [2.45, 2.75) is 20.3 Å². The van der Waals surface area contributed by atoms with Crippen LogP contribution in [-0.4, -0.2) is 30.7 Å². The number of methoxy groups -OCH3 is 1. The number of rotatable bonds is 4. The van der Waals surface area contributed by atoms with Gasteiger partial charge in [0.1, 0.15) is 16.5 Å². The molecule has 0 aliphatic heterocycles. The van der Waals surface area contributed by atoms with Gasteiger partial charge >= 0.3 is 0 Å². The standard InChI is InChI=1S/C12H17N3OS/c1-7-8(2)17-12-10(7)11(13-3)14-9(15-12)5-6-16-4/h5-6H2,1-4H3,(H,13,14,15). The van der Waals surface area contributed by atoms with E-state index >= 15 is 0 Å². The molecule has 17 heavy (non-hydrogen) atoms. The van der Waals surface area contributed by atoms with E-state index < -0.39 is 0 Å². The molecular weight excluding hydrogens is 234 g/mol. The van der Waals surface area contributed by atoms with Crippen molar-refractivity contribution in [1.82, 2.24) is 9.97 Å². The zero-order chi connectivity index (χ0) is 12.4. The number of aryl methyl sites for hydroxylation is 2. The lowest BCUT2D eigenvalue weighted by atomic mass is 10.2. The van der Waals surface area contributed by atoms with Gasteiger partial charge in [-0.3, -0.25) is 0 Å². The van der Waals surface area contributed by atoms with E-state index in [1.54, 1.807) is 18.4 Å². The highest BCUT2D eigenvalue weighted by molar-refractivity contribution is 7.18. The Morgan fingerprint density at radius 2 is 2.06 bits per heavy atom. The SMILES string of the molecule is CNc1nc(CCOC)nc2sc(C)c(C)c12. The molecule has 2 rings (SSSR count). The van der Waals surface area contributed by atoms with E-state index in [1.165, 1.54) is 10.4 Å². The monoisotopic (exact) mass is 251 g/mol. The minimum absolute atomic E-state index is 0.651. The summed E-state index contributed by atoms with van der Waals surface area (Å²) in [5, 5.41) is 4.30. The maximum atomic E-state index is 5.06. The van der Waals surface area contributed by atoms with Crippen molar-refractivity contribution in [3.8, 4) is 0 Å². The Bertz CT molecular complexity index is 536. The van der Waals surface area contributed by atoms with Crippen LogP contribution in [0.15, 0.2) is 0 Å². The van der Waals surface area contributed by atoms with Crippen LogP contribution in [0, 0.1) is 13.8 Å². The van der Waals surface area contributed by atoms with Crippen LogP contribution in [0.5, 0.6) is 0 Å². The second kappa shape index (κ2) is 4.98. The topological polar surface area (TPSA) is 47.0 Å². The fraction of sp³-hybridized carbons (Fsp3) is 0.500. The first kappa shape index (κ1) is 12.3. The quantitative estimate of drug-likeness (QED) is 0.907. The number of anilines is 1. The van der Waals surface area contributed by atoms with Gasteiger partial charge in [-0.05, 0) is 19.4 Å². The summed E-state index contributed by atoms with van der Waals surface area (Å²) in [5.74, 6) is 1.76. The predicted octanol–water partition coefficient (Wildman–Crippen LogP) is 2.54. The summed E-state index contributed by atoms with van der Waals surface area (Å²) in [6, 6.07) is 0.